The Morgan fingerprint density at radius 3 is 2.95 bits per heavy atom. The van der Waals surface area contributed by atoms with E-state index in [0.717, 1.165) is 44.5 Å². The number of hydrogen-bond donors (Lipinski definition) is 2. The number of nitrogens with one attached hydrogen (secondary N) is 2. The number of fused-ring (bicyclic) bond motifs is 1. The van der Waals surface area contributed by atoms with Crippen molar-refractivity contribution in [1.82, 2.24) is 10.6 Å². The van der Waals surface area contributed by atoms with Crippen LogP contribution in [0.15, 0.2) is 18.2 Å². The van der Waals surface area contributed by atoms with Crippen molar-refractivity contribution in [3.8, 4) is 5.75 Å². The lowest BCUT2D eigenvalue weighted by Crippen LogP contribution is -2.33. The summed E-state index contributed by atoms with van der Waals surface area (Å²) in [4.78, 5) is 12.1. The molecule has 4 nitrogen and oxygen atoms in total. The number of rotatable bonds is 8. The quantitative estimate of drug-likeness (QED) is 0.726. The molecule has 1 aliphatic carbocycles. The number of ether oxygens (including phenoxy) is 1. The predicted molar refractivity (Wildman–Crippen MR) is 89.5 cm³/mol. The molecule has 2 N–H and O–H groups in total. The van der Waals surface area contributed by atoms with E-state index < -0.39 is 0 Å². The molecule has 2 rings (SSSR count). The molecule has 1 aromatic rings. The van der Waals surface area contributed by atoms with E-state index in [0.29, 0.717) is 18.9 Å². The first-order chi connectivity index (χ1) is 10.7. The van der Waals surface area contributed by atoms with Gasteiger partial charge in [-0.15, -0.1) is 0 Å². The normalized spacial score (nSPS) is 16.9. The lowest BCUT2D eigenvalue weighted by Gasteiger charge is -2.25. The van der Waals surface area contributed by atoms with Crippen LogP contribution >= 0.6 is 0 Å². The number of aryl methyl sites for hydroxylation is 1. The molecule has 0 aliphatic heterocycles. The number of methoxy groups -OCH3 is 1. The van der Waals surface area contributed by atoms with Crippen molar-refractivity contribution < 1.29 is 9.53 Å². The number of carbonyl (C=O) groups is 1. The fourth-order valence-corrected chi connectivity index (χ4v) is 3.12. The molecule has 1 atom stereocenters. The van der Waals surface area contributed by atoms with Crippen LogP contribution < -0.4 is 15.4 Å². The fourth-order valence-electron chi connectivity index (χ4n) is 3.12. The molecule has 0 fully saturated rings. The van der Waals surface area contributed by atoms with Gasteiger partial charge in [-0.25, -0.2) is 0 Å². The summed E-state index contributed by atoms with van der Waals surface area (Å²) >= 11 is 0. The van der Waals surface area contributed by atoms with Crippen molar-refractivity contribution in [3.05, 3.63) is 29.3 Å². The third-order valence-electron chi connectivity index (χ3n) is 4.27. The minimum atomic E-state index is 0.159. The summed E-state index contributed by atoms with van der Waals surface area (Å²) in [6, 6.07) is 6.26. The average molecular weight is 304 g/mol. The molecule has 1 aromatic carbocycles. The Morgan fingerprint density at radius 2 is 2.18 bits per heavy atom. The second kappa shape index (κ2) is 8.79. The smallest absolute Gasteiger partial charge is 0.220 e. The minimum Gasteiger partial charge on any atom is -0.497 e. The van der Waals surface area contributed by atoms with Crippen LogP contribution in [-0.4, -0.2) is 32.7 Å². The standard InChI is InChI=1S/C18H28N2O2/c1-3-9-19-10-11-20-18(21)13-15-6-4-5-14-12-16(22-2)7-8-17(14)15/h7-8,12,15,19H,3-6,9-11,13H2,1-2H3,(H,20,21). The van der Waals surface area contributed by atoms with Gasteiger partial charge in [0.15, 0.2) is 0 Å². The predicted octanol–water partition coefficient (Wildman–Crippen LogP) is 2.62. The maximum atomic E-state index is 12.1. The molecule has 22 heavy (non-hydrogen) atoms. The zero-order valence-electron chi connectivity index (χ0n) is 13.8. The Morgan fingerprint density at radius 1 is 1.32 bits per heavy atom. The van der Waals surface area contributed by atoms with Gasteiger partial charge in [-0.2, -0.15) is 0 Å². The third kappa shape index (κ3) is 4.73. The molecule has 0 aromatic heterocycles. The molecule has 1 aliphatic rings. The van der Waals surface area contributed by atoms with Crippen LogP contribution in [0.4, 0.5) is 0 Å². The molecule has 1 unspecified atom stereocenters. The lowest BCUT2D eigenvalue weighted by atomic mass is 9.81. The Hall–Kier alpha value is -1.55. The average Bonchev–Trinajstić information content (AvgIpc) is 2.54. The van der Waals surface area contributed by atoms with Crippen LogP contribution in [-0.2, 0) is 11.2 Å². The van der Waals surface area contributed by atoms with Crippen molar-refractivity contribution in [2.24, 2.45) is 0 Å². The Kier molecular flexibility index (Phi) is 6.72. The lowest BCUT2D eigenvalue weighted by molar-refractivity contribution is -0.121. The molecule has 0 saturated carbocycles. The van der Waals surface area contributed by atoms with Gasteiger partial charge >= 0.3 is 0 Å². The highest BCUT2D eigenvalue weighted by atomic mass is 16.5. The molecule has 1 amide bonds. The molecule has 0 spiro atoms. The van der Waals surface area contributed by atoms with Crippen LogP contribution in [0.3, 0.4) is 0 Å². The molecular formula is C18H28N2O2. The molecule has 0 heterocycles. The van der Waals surface area contributed by atoms with Crippen molar-refractivity contribution in [1.29, 1.82) is 0 Å². The van der Waals surface area contributed by atoms with Crippen LogP contribution in [0.5, 0.6) is 5.75 Å². The number of amides is 1. The second-order valence-corrected chi connectivity index (χ2v) is 5.96. The van der Waals surface area contributed by atoms with Crippen molar-refractivity contribution in [2.45, 2.75) is 44.9 Å². The first-order valence-corrected chi connectivity index (χ1v) is 8.38. The molecule has 0 bridgehead atoms. The third-order valence-corrected chi connectivity index (χ3v) is 4.27. The summed E-state index contributed by atoms with van der Waals surface area (Å²) in [7, 11) is 1.70. The zero-order chi connectivity index (χ0) is 15.8. The van der Waals surface area contributed by atoms with Gasteiger partial charge < -0.3 is 15.4 Å². The van der Waals surface area contributed by atoms with E-state index in [4.69, 9.17) is 4.74 Å². The SMILES string of the molecule is CCCNCCNC(=O)CC1CCCc2cc(OC)ccc21. The molecule has 0 radical (unpaired) electrons. The van der Waals surface area contributed by atoms with Crippen LogP contribution in [0.2, 0.25) is 0 Å². The van der Waals surface area contributed by atoms with E-state index in [1.54, 1.807) is 7.11 Å². The van der Waals surface area contributed by atoms with Gasteiger partial charge in [0.2, 0.25) is 5.91 Å². The highest BCUT2D eigenvalue weighted by molar-refractivity contribution is 5.77. The van der Waals surface area contributed by atoms with Gasteiger partial charge in [-0.1, -0.05) is 13.0 Å². The summed E-state index contributed by atoms with van der Waals surface area (Å²) in [5, 5.41) is 6.31. The first-order valence-electron chi connectivity index (χ1n) is 8.38. The Labute approximate surface area is 133 Å². The van der Waals surface area contributed by atoms with Gasteiger partial charge in [0.25, 0.3) is 0 Å². The summed E-state index contributed by atoms with van der Waals surface area (Å²) in [5.74, 6) is 1.41. The van der Waals surface area contributed by atoms with E-state index in [9.17, 15) is 4.79 Å². The second-order valence-electron chi connectivity index (χ2n) is 5.96. The number of carbonyl (C=O) groups excluding carboxylic acids is 1. The van der Waals surface area contributed by atoms with Gasteiger partial charge in [0.1, 0.15) is 5.75 Å². The maximum absolute atomic E-state index is 12.1. The highest BCUT2D eigenvalue weighted by Crippen LogP contribution is 2.35. The van der Waals surface area contributed by atoms with Crippen molar-refractivity contribution >= 4 is 5.91 Å². The van der Waals surface area contributed by atoms with E-state index in [1.807, 2.05) is 6.07 Å². The van der Waals surface area contributed by atoms with E-state index >= 15 is 0 Å². The Balaban J connectivity index is 1.85. The zero-order valence-corrected chi connectivity index (χ0v) is 13.8. The summed E-state index contributed by atoms with van der Waals surface area (Å²) < 4.78 is 5.30. The number of benzene rings is 1. The first kappa shape index (κ1) is 16.8. The van der Waals surface area contributed by atoms with E-state index in [1.165, 1.54) is 11.1 Å². The summed E-state index contributed by atoms with van der Waals surface area (Å²) in [5.41, 5.74) is 2.67. The summed E-state index contributed by atoms with van der Waals surface area (Å²) in [6.07, 6.45) is 5.05. The molecule has 4 heteroatoms. The van der Waals surface area contributed by atoms with Crippen LogP contribution in [0, 0.1) is 0 Å². The van der Waals surface area contributed by atoms with Crippen molar-refractivity contribution in [2.75, 3.05) is 26.7 Å². The Bertz CT molecular complexity index is 488. The molecular weight excluding hydrogens is 276 g/mol. The van der Waals surface area contributed by atoms with Gasteiger partial charge in [-0.3, -0.25) is 4.79 Å². The van der Waals surface area contributed by atoms with Gasteiger partial charge in [0.05, 0.1) is 7.11 Å². The largest absolute Gasteiger partial charge is 0.497 e. The minimum absolute atomic E-state index is 0.159. The van der Waals surface area contributed by atoms with E-state index in [-0.39, 0.29) is 5.91 Å². The van der Waals surface area contributed by atoms with E-state index in [2.05, 4.69) is 29.7 Å². The van der Waals surface area contributed by atoms with Crippen molar-refractivity contribution in [3.63, 3.8) is 0 Å². The van der Waals surface area contributed by atoms with Gasteiger partial charge in [0, 0.05) is 19.5 Å². The fraction of sp³-hybridized carbons (Fsp3) is 0.611. The van der Waals surface area contributed by atoms with Gasteiger partial charge in [-0.05, 0) is 61.4 Å². The highest BCUT2D eigenvalue weighted by Gasteiger charge is 2.22. The topological polar surface area (TPSA) is 50.4 Å². The monoisotopic (exact) mass is 304 g/mol. The summed E-state index contributed by atoms with van der Waals surface area (Å²) in [6.45, 7) is 4.70. The molecule has 122 valence electrons. The molecule has 0 saturated heterocycles. The maximum Gasteiger partial charge on any atom is 0.220 e. The van der Waals surface area contributed by atoms with Crippen LogP contribution in [0.25, 0.3) is 0 Å². The number of hydrogen-bond acceptors (Lipinski definition) is 3. The van der Waals surface area contributed by atoms with Crippen LogP contribution in [0.1, 0.15) is 49.7 Å².